The molecule has 4 aliphatic rings. The number of carbonyl (C=O) groups excluding carboxylic acids is 1. The molecule has 4 aliphatic heterocycles. The molecule has 0 unspecified atom stereocenters. The molecule has 6 rings (SSSR count). The van der Waals surface area contributed by atoms with Crippen LogP contribution in [0.25, 0.3) is 0 Å². The van der Waals surface area contributed by atoms with Crippen molar-refractivity contribution in [2.45, 2.75) is 37.8 Å². The molecule has 3 atom stereocenters. The number of hydrogen-bond acceptors (Lipinski definition) is 4. The van der Waals surface area contributed by atoms with Gasteiger partial charge in [0.1, 0.15) is 11.5 Å². The number of likely N-dealkylation sites (tertiary alicyclic amines) is 1. The summed E-state index contributed by atoms with van der Waals surface area (Å²) in [5.41, 5.74) is 2.56. The molecule has 2 bridgehead atoms. The molecule has 5 nitrogen and oxygen atoms in total. The first kappa shape index (κ1) is 18.5. The van der Waals surface area contributed by atoms with Crippen LogP contribution in [0.1, 0.15) is 40.2 Å². The Morgan fingerprint density at radius 2 is 1.79 bits per heavy atom. The number of ether oxygens (including phenoxy) is 1. The summed E-state index contributed by atoms with van der Waals surface area (Å²) >= 11 is 0. The van der Waals surface area contributed by atoms with Crippen LogP contribution in [0.4, 0.5) is 0 Å². The van der Waals surface area contributed by atoms with E-state index in [1.165, 1.54) is 18.4 Å². The zero-order valence-electron chi connectivity index (χ0n) is 17.0. The van der Waals surface area contributed by atoms with Crippen LogP contribution in [0, 0.1) is 12.8 Å². The highest BCUT2D eigenvalue weighted by Gasteiger charge is 2.54. The molecule has 1 amide bonds. The van der Waals surface area contributed by atoms with Gasteiger partial charge in [0, 0.05) is 29.6 Å². The average Bonchev–Trinajstić information content (AvgIpc) is 3.19. The molecule has 0 spiro atoms. The van der Waals surface area contributed by atoms with Crippen molar-refractivity contribution in [3.8, 4) is 11.5 Å². The smallest absolute Gasteiger partial charge is 0.254 e. The summed E-state index contributed by atoms with van der Waals surface area (Å²) in [6.45, 7) is 4.81. The first-order valence-electron chi connectivity index (χ1n) is 10.6. The molecule has 4 fully saturated rings. The number of piperidine rings is 3. The minimum absolute atomic E-state index is 0.0539. The number of phenolic OH excluding ortho intramolecular Hbond substituents is 1. The minimum atomic E-state index is 0.0539. The highest BCUT2D eigenvalue weighted by atomic mass is 16.5. The number of nitrogens with zero attached hydrogens (tertiary/aromatic N) is 2. The molecule has 0 radical (unpaired) electrons. The molecule has 2 aromatic carbocycles. The SMILES string of the molecule is COc1ccc([C@@H]2CN(C(=O)c3cccc(O)c3C)[C@@H]3C4CCN(CC4)[C@@H]32)cc1. The van der Waals surface area contributed by atoms with E-state index in [1.54, 1.807) is 19.2 Å². The lowest BCUT2D eigenvalue weighted by molar-refractivity contribution is -0.00344. The van der Waals surface area contributed by atoms with Gasteiger partial charge in [-0.2, -0.15) is 0 Å². The Morgan fingerprint density at radius 3 is 2.48 bits per heavy atom. The molecule has 0 aromatic heterocycles. The number of phenols is 1. The highest BCUT2D eigenvalue weighted by Crippen LogP contribution is 2.47. The van der Waals surface area contributed by atoms with E-state index in [0.29, 0.717) is 29.0 Å². The van der Waals surface area contributed by atoms with Crippen LogP contribution in [0.3, 0.4) is 0 Å². The van der Waals surface area contributed by atoms with Crippen LogP contribution < -0.4 is 4.74 Å². The molecule has 29 heavy (non-hydrogen) atoms. The molecular weight excluding hydrogens is 364 g/mol. The third kappa shape index (κ3) is 2.91. The molecule has 0 saturated carbocycles. The van der Waals surface area contributed by atoms with Crippen molar-refractivity contribution in [2.75, 3.05) is 26.7 Å². The van der Waals surface area contributed by atoms with Gasteiger partial charge in [-0.15, -0.1) is 0 Å². The zero-order valence-corrected chi connectivity index (χ0v) is 17.0. The molecule has 1 N–H and O–H groups in total. The van der Waals surface area contributed by atoms with E-state index in [-0.39, 0.29) is 17.7 Å². The van der Waals surface area contributed by atoms with Crippen molar-refractivity contribution >= 4 is 5.91 Å². The Kier molecular flexibility index (Phi) is 4.50. The van der Waals surface area contributed by atoms with Gasteiger partial charge in [0.25, 0.3) is 5.91 Å². The maximum Gasteiger partial charge on any atom is 0.254 e. The Balaban J connectivity index is 1.52. The second-order valence-electron chi connectivity index (χ2n) is 8.64. The summed E-state index contributed by atoms with van der Waals surface area (Å²) in [6.07, 6.45) is 2.33. The van der Waals surface area contributed by atoms with Gasteiger partial charge in [-0.25, -0.2) is 0 Å². The normalized spacial score (nSPS) is 30.3. The first-order valence-corrected chi connectivity index (χ1v) is 10.6. The fourth-order valence-corrected chi connectivity index (χ4v) is 5.81. The monoisotopic (exact) mass is 392 g/mol. The number of hydrogen-bond donors (Lipinski definition) is 1. The standard InChI is InChI=1S/C24H28N2O3/c1-15-19(4-3-5-21(15)27)24(28)26-14-20(16-6-8-18(29-2)9-7-16)23-22(26)17-10-12-25(23)13-11-17/h3-9,17,20,22-23,27H,10-14H2,1-2H3/t20-,22+,23+/m0/s1. The van der Waals surface area contributed by atoms with E-state index in [1.807, 2.05) is 25.1 Å². The van der Waals surface area contributed by atoms with Crippen molar-refractivity contribution < 1.29 is 14.6 Å². The van der Waals surface area contributed by atoms with Gasteiger partial charge < -0.3 is 14.7 Å². The van der Waals surface area contributed by atoms with E-state index >= 15 is 0 Å². The third-order valence-electron chi connectivity index (χ3n) is 7.33. The second-order valence-corrected chi connectivity index (χ2v) is 8.64. The van der Waals surface area contributed by atoms with Gasteiger partial charge in [0.15, 0.2) is 0 Å². The summed E-state index contributed by atoms with van der Waals surface area (Å²) in [7, 11) is 1.68. The van der Waals surface area contributed by atoms with E-state index in [0.717, 1.165) is 25.4 Å². The zero-order chi connectivity index (χ0) is 20.1. The summed E-state index contributed by atoms with van der Waals surface area (Å²) in [4.78, 5) is 18.3. The van der Waals surface area contributed by atoms with E-state index in [9.17, 15) is 9.90 Å². The van der Waals surface area contributed by atoms with Gasteiger partial charge in [0.2, 0.25) is 0 Å². The van der Waals surface area contributed by atoms with Gasteiger partial charge in [0.05, 0.1) is 13.2 Å². The molecule has 152 valence electrons. The third-order valence-corrected chi connectivity index (χ3v) is 7.33. The van der Waals surface area contributed by atoms with Crippen LogP contribution in [0.2, 0.25) is 0 Å². The second kappa shape index (κ2) is 7.06. The van der Waals surface area contributed by atoms with Gasteiger partial charge in [-0.3, -0.25) is 9.69 Å². The van der Waals surface area contributed by atoms with Crippen LogP contribution in [-0.2, 0) is 0 Å². The number of rotatable bonds is 3. The number of carbonyl (C=O) groups is 1. The summed E-state index contributed by atoms with van der Waals surface area (Å²) < 4.78 is 5.33. The lowest BCUT2D eigenvalue weighted by atomic mass is 9.75. The largest absolute Gasteiger partial charge is 0.508 e. The summed E-state index contributed by atoms with van der Waals surface area (Å²) in [5.74, 6) is 1.97. The van der Waals surface area contributed by atoms with Crippen molar-refractivity contribution in [1.82, 2.24) is 9.80 Å². The Bertz CT molecular complexity index is 918. The fraction of sp³-hybridized carbons (Fsp3) is 0.458. The maximum absolute atomic E-state index is 13.6. The molecule has 4 saturated heterocycles. The Labute approximate surface area is 171 Å². The topological polar surface area (TPSA) is 53.0 Å². The summed E-state index contributed by atoms with van der Waals surface area (Å²) in [5, 5.41) is 10.1. The van der Waals surface area contributed by atoms with Crippen molar-refractivity contribution in [3.63, 3.8) is 0 Å². The van der Waals surface area contributed by atoms with Crippen molar-refractivity contribution in [3.05, 3.63) is 59.2 Å². The first-order chi connectivity index (χ1) is 14.1. The fourth-order valence-electron chi connectivity index (χ4n) is 5.81. The summed E-state index contributed by atoms with van der Waals surface area (Å²) in [6, 6.07) is 14.2. The predicted octanol–water partition coefficient (Wildman–Crippen LogP) is 3.41. The van der Waals surface area contributed by atoms with E-state index in [2.05, 4.69) is 21.9 Å². The van der Waals surface area contributed by atoms with E-state index in [4.69, 9.17) is 4.74 Å². The van der Waals surface area contributed by atoms with Crippen LogP contribution in [0.15, 0.2) is 42.5 Å². The Morgan fingerprint density at radius 1 is 1.07 bits per heavy atom. The lowest BCUT2D eigenvalue weighted by Gasteiger charge is -2.51. The maximum atomic E-state index is 13.6. The Hall–Kier alpha value is -2.53. The van der Waals surface area contributed by atoms with Gasteiger partial charge >= 0.3 is 0 Å². The molecule has 4 heterocycles. The number of fused-ring (bicyclic) bond motifs is 2. The molecular formula is C24H28N2O3. The quantitative estimate of drug-likeness (QED) is 0.870. The van der Waals surface area contributed by atoms with Gasteiger partial charge in [-0.05, 0) is 68.6 Å². The van der Waals surface area contributed by atoms with Crippen LogP contribution in [-0.4, -0.2) is 59.6 Å². The number of methoxy groups -OCH3 is 1. The highest BCUT2D eigenvalue weighted by molar-refractivity contribution is 5.97. The number of amides is 1. The molecule has 2 aromatic rings. The average molecular weight is 392 g/mol. The van der Waals surface area contributed by atoms with Crippen molar-refractivity contribution in [2.24, 2.45) is 5.92 Å². The van der Waals surface area contributed by atoms with Gasteiger partial charge in [-0.1, -0.05) is 18.2 Å². The van der Waals surface area contributed by atoms with Crippen molar-refractivity contribution in [1.29, 1.82) is 0 Å². The minimum Gasteiger partial charge on any atom is -0.508 e. The number of benzene rings is 2. The van der Waals surface area contributed by atoms with E-state index < -0.39 is 0 Å². The van der Waals surface area contributed by atoms with Crippen LogP contribution in [0.5, 0.6) is 11.5 Å². The predicted molar refractivity (Wildman–Crippen MR) is 111 cm³/mol. The lowest BCUT2D eigenvalue weighted by Crippen LogP contribution is -2.60. The van der Waals surface area contributed by atoms with Crippen LogP contribution >= 0.6 is 0 Å². The number of aromatic hydroxyl groups is 1. The molecule has 5 heteroatoms. The molecule has 0 aliphatic carbocycles.